The molecular weight excluding hydrogens is 190 g/mol. The van der Waals surface area contributed by atoms with Gasteiger partial charge in [0.1, 0.15) is 0 Å². The Balaban J connectivity index is 4.13. The molecule has 0 spiro atoms. The van der Waals surface area contributed by atoms with Gasteiger partial charge in [-0.05, 0) is 20.3 Å². The van der Waals surface area contributed by atoms with Gasteiger partial charge in [0.2, 0.25) is 0 Å². The van der Waals surface area contributed by atoms with Gasteiger partial charge in [0.15, 0.2) is 0 Å². The van der Waals surface area contributed by atoms with Crippen molar-refractivity contribution in [2.75, 3.05) is 6.54 Å². The van der Waals surface area contributed by atoms with E-state index >= 15 is 0 Å². The minimum absolute atomic E-state index is 0.157. The zero-order chi connectivity index (χ0) is 11.7. The number of amides is 1. The Morgan fingerprint density at radius 2 is 2.20 bits per heavy atom. The van der Waals surface area contributed by atoms with Crippen molar-refractivity contribution in [2.45, 2.75) is 39.7 Å². The van der Waals surface area contributed by atoms with Crippen LogP contribution < -0.4 is 11.1 Å². The van der Waals surface area contributed by atoms with E-state index in [0.29, 0.717) is 12.1 Å². The first kappa shape index (κ1) is 13.7. The summed E-state index contributed by atoms with van der Waals surface area (Å²) in [4.78, 5) is 15.6. The molecule has 0 aromatic carbocycles. The molecule has 0 aliphatic heterocycles. The molecule has 4 nitrogen and oxygen atoms in total. The largest absolute Gasteiger partial charge is 0.404 e. The van der Waals surface area contributed by atoms with Crippen LogP contribution in [0, 0.1) is 0 Å². The highest BCUT2D eigenvalue weighted by molar-refractivity contribution is 6.12. The number of carbonyl (C=O) groups excluding carboxylic acids is 1. The first-order valence-electron chi connectivity index (χ1n) is 5.35. The lowest BCUT2D eigenvalue weighted by Crippen LogP contribution is -2.27. The van der Waals surface area contributed by atoms with Crippen LogP contribution in [0.4, 0.5) is 0 Å². The monoisotopic (exact) mass is 211 g/mol. The van der Waals surface area contributed by atoms with Gasteiger partial charge in [-0.25, -0.2) is 0 Å². The van der Waals surface area contributed by atoms with E-state index in [2.05, 4.69) is 17.2 Å². The zero-order valence-electron chi connectivity index (χ0n) is 9.79. The molecule has 0 bridgehead atoms. The molecule has 0 aromatic rings. The molecule has 86 valence electrons. The van der Waals surface area contributed by atoms with Crippen molar-refractivity contribution in [1.29, 1.82) is 0 Å². The van der Waals surface area contributed by atoms with Crippen LogP contribution in [0.3, 0.4) is 0 Å². The van der Waals surface area contributed by atoms with Crippen LogP contribution in [-0.2, 0) is 4.79 Å². The Labute approximate surface area is 91.6 Å². The van der Waals surface area contributed by atoms with Crippen molar-refractivity contribution in [3.05, 3.63) is 11.8 Å². The summed E-state index contributed by atoms with van der Waals surface area (Å²) >= 11 is 0. The Bertz CT molecular complexity index is 244. The fourth-order valence-corrected chi connectivity index (χ4v) is 0.887. The SMILES string of the molecule is CCCCNC(=O)C(C=NC(C)C)=CN. The molecule has 0 heterocycles. The minimum atomic E-state index is -0.157. The van der Waals surface area contributed by atoms with E-state index in [1.54, 1.807) is 0 Å². The minimum Gasteiger partial charge on any atom is -0.404 e. The van der Waals surface area contributed by atoms with Crippen LogP contribution in [0.1, 0.15) is 33.6 Å². The van der Waals surface area contributed by atoms with Crippen molar-refractivity contribution >= 4 is 12.1 Å². The van der Waals surface area contributed by atoms with Crippen LogP contribution >= 0.6 is 0 Å². The molecule has 4 heteroatoms. The lowest BCUT2D eigenvalue weighted by atomic mass is 10.2. The fraction of sp³-hybridized carbons (Fsp3) is 0.636. The van der Waals surface area contributed by atoms with Gasteiger partial charge in [0, 0.05) is 25.0 Å². The van der Waals surface area contributed by atoms with E-state index in [0.717, 1.165) is 12.8 Å². The smallest absolute Gasteiger partial charge is 0.254 e. The second-order valence-corrected chi connectivity index (χ2v) is 3.60. The normalized spacial score (nSPS) is 12.4. The first-order chi connectivity index (χ1) is 7.11. The van der Waals surface area contributed by atoms with Crippen molar-refractivity contribution in [2.24, 2.45) is 10.7 Å². The third-order valence-corrected chi connectivity index (χ3v) is 1.77. The summed E-state index contributed by atoms with van der Waals surface area (Å²) in [6, 6.07) is 0.170. The van der Waals surface area contributed by atoms with Gasteiger partial charge in [0.25, 0.3) is 5.91 Å². The number of hydrogen-bond acceptors (Lipinski definition) is 3. The molecule has 15 heavy (non-hydrogen) atoms. The molecule has 0 unspecified atom stereocenters. The topological polar surface area (TPSA) is 67.5 Å². The van der Waals surface area contributed by atoms with Gasteiger partial charge in [0.05, 0.1) is 5.57 Å². The number of nitrogens with zero attached hydrogens (tertiary/aromatic N) is 1. The van der Waals surface area contributed by atoms with E-state index in [1.807, 2.05) is 13.8 Å². The highest BCUT2D eigenvalue weighted by Gasteiger charge is 2.04. The number of rotatable bonds is 6. The lowest BCUT2D eigenvalue weighted by Gasteiger charge is -2.04. The number of nitrogens with two attached hydrogens (primary N) is 1. The summed E-state index contributed by atoms with van der Waals surface area (Å²) in [6.45, 7) is 6.65. The molecule has 3 N–H and O–H groups in total. The number of nitrogens with one attached hydrogen (secondary N) is 1. The third-order valence-electron chi connectivity index (χ3n) is 1.77. The van der Waals surface area contributed by atoms with Crippen LogP contribution in [0.5, 0.6) is 0 Å². The Kier molecular flexibility index (Phi) is 7.32. The number of aliphatic imine (C=N–C) groups is 1. The van der Waals surface area contributed by atoms with E-state index in [4.69, 9.17) is 5.73 Å². The molecule has 0 saturated carbocycles. The van der Waals surface area contributed by atoms with Crippen LogP contribution in [0.15, 0.2) is 16.8 Å². The Morgan fingerprint density at radius 3 is 2.67 bits per heavy atom. The van der Waals surface area contributed by atoms with Crippen molar-refractivity contribution < 1.29 is 4.79 Å². The summed E-state index contributed by atoms with van der Waals surface area (Å²) in [5.74, 6) is -0.157. The van der Waals surface area contributed by atoms with Crippen LogP contribution in [-0.4, -0.2) is 24.7 Å². The summed E-state index contributed by atoms with van der Waals surface area (Å²) in [7, 11) is 0. The molecule has 0 aromatic heterocycles. The molecule has 0 saturated heterocycles. The summed E-state index contributed by atoms with van der Waals surface area (Å²) in [6.07, 6.45) is 4.84. The predicted octanol–water partition coefficient (Wildman–Crippen LogP) is 1.22. The highest BCUT2D eigenvalue weighted by Crippen LogP contribution is 1.92. The zero-order valence-corrected chi connectivity index (χ0v) is 9.79. The maximum absolute atomic E-state index is 11.5. The number of hydrogen-bond donors (Lipinski definition) is 2. The summed E-state index contributed by atoms with van der Waals surface area (Å²) in [5, 5.41) is 2.78. The standard InChI is InChI=1S/C11H21N3O/c1-4-5-6-13-11(15)10(7-12)8-14-9(2)3/h7-9H,4-6,12H2,1-3H3,(H,13,15). The van der Waals surface area contributed by atoms with Gasteiger partial charge < -0.3 is 11.1 Å². The molecule has 0 atom stereocenters. The van der Waals surface area contributed by atoms with Crippen molar-refractivity contribution in [3.8, 4) is 0 Å². The Hall–Kier alpha value is -1.32. The van der Waals surface area contributed by atoms with E-state index in [9.17, 15) is 4.79 Å². The fourth-order valence-electron chi connectivity index (χ4n) is 0.887. The average Bonchev–Trinajstić information content (AvgIpc) is 2.18. The van der Waals surface area contributed by atoms with Gasteiger partial charge >= 0.3 is 0 Å². The second kappa shape index (κ2) is 8.03. The Morgan fingerprint density at radius 1 is 1.53 bits per heavy atom. The maximum Gasteiger partial charge on any atom is 0.254 e. The molecule has 0 radical (unpaired) electrons. The van der Waals surface area contributed by atoms with Gasteiger partial charge in [-0.3, -0.25) is 9.79 Å². The highest BCUT2D eigenvalue weighted by atomic mass is 16.1. The van der Waals surface area contributed by atoms with Crippen LogP contribution in [0.2, 0.25) is 0 Å². The first-order valence-corrected chi connectivity index (χ1v) is 5.35. The van der Waals surface area contributed by atoms with Gasteiger partial charge in [-0.15, -0.1) is 0 Å². The number of unbranched alkanes of at least 4 members (excludes halogenated alkanes) is 1. The average molecular weight is 211 g/mol. The van der Waals surface area contributed by atoms with Crippen LogP contribution in [0.25, 0.3) is 0 Å². The summed E-state index contributed by atoms with van der Waals surface area (Å²) in [5.41, 5.74) is 5.77. The van der Waals surface area contributed by atoms with E-state index in [-0.39, 0.29) is 11.9 Å². The predicted molar refractivity (Wildman–Crippen MR) is 63.8 cm³/mol. The maximum atomic E-state index is 11.5. The molecule has 0 aliphatic carbocycles. The van der Waals surface area contributed by atoms with Gasteiger partial charge in [-0.2, -0.15) is 0 Å². The molecule has 1 amide bonds. The van der Waals surface area contributed by atoms with E-state index < -0.39 is 0 Å². The third kappa shape index (κ3) is 6.71. The van der Waals surface area contributed by atoms with Crippen molar-refractivity contribution in [1.82, 2.24) is 5.32 Å². The van der Waals surface area contributed by atoms with Crippen molar-refractivity contribution in [3.63, 3.8) is 0 Å². The van der Waals surface area contributed by atoms with E-state index in [1.165, 1.54) is 12.4 Å². The molecular formula is C11H21N3O. The lowest BCUT2D eigenvalue weighted by molar-refractivity contribution is -0.116. The number of carbonyl (C=O) groups is 1. The molecule has 0 aliphatic rings. The molecule has 0 fully saturated rings. The molecule has 0 rings (SSSR count). The summed E-state index contributed by atoms with van der Waals surface area (Å²) < 4.78 is 0. The second-order valence-electron chi connectivity index (χ2n) is 3.60. The van der Waals surface area contributed by atoms with Gasteiger partial charge in [-0.1, -0.05) is 13.3 Å². The quantitative estimate of drug-likeness (QED) is 0.394.